The minimum absolute atomic E-state index is 0.192. The first-order chi connectivity index (χ1) is 14.7. The molecule has 0 saturated carbocycles. The van der Waals surface area contributed by atoms with Crippen molar-refractivity contribution in [2.45, 2.75) is 58.7 Å². The number of guanidine groups is 1. The monoisotopic (exact) mass is 414 g/mol. The number of aromatic nitrogens is 3. The van der Waals surface area contributed by atoms with Gasteiger partial charge in [-0.2, -0.15) is 0 Å². The molecule has 164 valence electrons. The summed E-state index contributed by atoms with van der Waals surface area (Å²) >= 11 is 0. The molecule has 0 radical (unpaired) electrons. The van der Waals surface area contributed by atoms with Crippen LogP contribution in [0.4, 0.5) is 0 Å². The van der Waals surface area contributed by atoms with Crippen molar-refractivity contribution in [1.82, 2.24) is 25.4 Å². The lowest BCUT2D eigenvalue weighted by atomic mass is 10.1. The second-order valence-corrected chi connectivity index (χ2v) is 7.60. The van der Waals surface area contributed by atoms with Crippen molar-refractivity contribution >= 4 is 5.96 Å². The van der Waals surface area contributed by atoms with E-state index in [9.17, 15) is 0 Å². The highest BCUT2D eigenvalue weighted by Crippen LogP contribution is 2.15. The van der Waals surface area contributed by atoms with Crippen LogP contribution < -0.4 is 15.4 Å². The van der Waals surface area contributed by atoms with Gasteiger partial charge in [-0.3, -0.25) is 4.99 Å². The predicted octanol–water partition coefficient (Wildman–Crippen LogP) is 2.33. The largest absolute Gasteiger partial charge is 0.492 e. The Morgan fingerprint density at radius 3 is 2.93 bits per heavy atom. The summed E-state index contributed by atoms with van der Waals surface area (Å²) in [5.74, 6) is 2.63. The van der Waals surface area contributed by atoms with Crippen molar-refractivity contribution in [2.75, 3.05) is 26.3 Å². The molecule has 30 heavy (non-hydrogen) atoms. The molecule has 1 aliphatic heterocycles. The summed E-state index contributed by atoms with van der Waals surface area (Å²) in [4.78, 5) is 4.75. The Labute approximate surface area is 179 Å². The average molecular weight is 415 g/mol. The molecule has 3 rings (SSSR count). The van der Waals surface area contributed by atoms with E-state index in [4.69, 9.17) is 14.5 Å². The van der Waals surface area contributed by atoms with E-state index in [0.717, 1.165) is 49.9 Å². The molecule has 2 unspecified atom stereocenters. The topological polar surface area (TPSA) is 85.6 Å². The molecule has 1 saturated heterocycles. The van der Waals surface area contributed by atoms with Gasteiger partial charge >= 0.3 is 0 Å². The van der Waals surface area contributed by atoms with Crippen LogP contribution in [-0.2, 0) is 17.7 Å². The quantitative estimate of drug-likeness (QED) is 0.353. The van der Waals surface area contributed by atoms with E-state index in [0.29, 0.717) is 19.7 Å². The van der Waals surface area contributed by atoms with Crippen LogP contribution in [-0.4, -0.2) is 59.2 Å². The van der Waals surface area contributed by atoms with Gasteiger partial charge in [-0.15, -0.1) is 10.2 Å². The Kier molecular flexibility index (Phi) is 8.50. The van der Waals surface area contributed by atoms with Gasteiger partial charge in [-0.1, -0.05) is 24.6 Å². The van der Waals surface area contributed by atoms with E-state index in [2.05, 4.69) is 53.7 Å². The van der Waals surface area contributed by atoms with Crippen molar-refractivity contribution in [3.63, 3.8) is 0 Å². The average Bonchev–Trinajstić information content (AvgIpc) is 3.44. The normalized spacial score (nSPS) is 17.7. The fourth-order valence-electron chi connectivity index (χ4n) is 3.44. The Morgan fingerprint density at radius 2 is 2.20 bits per heavy atom. The van der Waals surface area contributed by atoms with Crippen LogP contribution in [0.5, 0.6) is 5.75 Å². The van der Waals surface area contributed by atoms with Crippen molar-refractivity contribution in [3.05, 3.63) is 42.0 Å². The maximum atomic E-state index is 5.82. The third-order valence-corrected chi connectivity index (χ3v) is 5.19. The second kappa shape index (κ2) is 11.5. The van der Waals surface area contributed by atoms with E-state index in [1.165, 1.54) is 5.56 Å². The zero-order valence-electron chi connectivity index (χ0n) is 18.3. The van der Waals surface area contributed by atoms with Gasteiger partial charge in [0.1, 0.15) is 24.5 Å². The summed E-state index contributed by atoms with van der Waals surface area (Å²) in [6, 6.07) is 8.28. The number of hydrogen-bond donors (Lipinski definition) is 2. The first kappa shape index (κ1) is 22.1. The maximum absolute atomic E-state index is 5.82. The van der Waals surface area contributed by atoms with E-state index >= 15 is 0 Å². The highest BCUT2D eigenvalue weighted by Gasteiger charge is 2.23. The lowest BCUT2D eigenvalue weighted by Crippen LogP contribution is -2.48. The zero-order chi connectivity index (χ0) is 21.2. The van der Waals surface area contributed by atoms with Gasteiger partial charge in [0.05, 0.1) is 25.2 Å². The fraction of sp³-hybridized carbons (Fsp3) is 0.591. The lowest BCUT2D eigenvalue weighted by molar-refractivity contribution is 0.0890. The molecule has 8 heteroatoms. The van der Waals surface area contributed by atoms with Gasteiger partial charge in [-0.05, 0) is 38.8 Å². The summed E-state index contributed by atoms with van der Waals surface area (Å²) < 4.78 is 13.7. The molecule has 2 atom stereocenters. The van der Waals surface area contributed by atoms with Gasteiger partial charge in [0, 0.05) is 19.6 Å². The van der Waals surface area contributed by atoms with Gasteiger partial charge < -0.3 is 24.7 Å². The Balaban J connectivity index is 1.51. The third-order valence-electron chi connectivity index (χ3n) is 5.19. The minimum Gasteiger partial charge on any atom is -0.492 e. The SMILES string of the molecule is CCc1nncn1CCN=C(NCCOc1ccc(C)cc1)NC(C)C1CCCO1. The molecule has 1 fully saturated rings. The summed E-state index contributed by atoms with van der Waals surface area (Å²) in [6.07, 6.45) is 5.05. The van der Waals surface area contributed by atoms with Crippen molar-refractivity contribution in [1.29, 1.82) is 0 Å². The molecular weight excluding hydrogens is 380 g/mol. The van der Waals surface area contributed by atoms with Crippen LogP contribution in [0.25, 0.3) is 0 Å². The number of ether oxygens (including phenoxy) is 2. The van der Waals surface area contributed by atoms with E-state index in [1.807, 2.05) is 16.7 Å². The number of nitrogens with zero attached hydrogens (tertiary/aromatic N) is 4. The number of aryl methyl sites for hydroxylation is 2. The molecule has 0 aliphatic carbocycles. The number of rotatable bonds is 10. The van der Waals surface area contributed by atoms with Gasteiger partial charge in [0.25, 0.3) is 0 Å². The van der Waals surface area contributed by atoms with Crippen LogP contribution in [0.2, 0.25) is 0 Å². The van der Waals surface area contributed by atoms with Crippen molar-refractivity contribution < 1.29 is 9.47 Å². The van der Waals surface area contributed by atoms with Gasteiger partial charge in [0.2, 0.25) is 0 Å². The molecule has 0 bridgehead atoms. The van der Waals surface area contributed by atoms with Crippen molar-refractivity contribution in [3.8, 4) is 5.75 Å². The molecule has 1 aromatic heterocycles. The first-order valence-electron chi connectivity index (χ1n) is 10.9. The zero-order valence-corrected chi connectivity index (χ0v) is 18.3. The van der Waals surface area contributed by atoms with Crippen LogP contribution >= 0.6 is 0 Å². The predicted molar refractivity (Wildman–Crippen MR) is 118 cm³/mol. The van der Waals surface area contributed by atoms with E-state index < -0.39 is 0 Å². The van der Waals surface area contributed by atoms with Crippen LogP contribution in [0.3, 0.4) is 0 Å². The number of benzene rings is 1. The first-order valence-corrected chi connectivity index (χ1v) is 10.9. The fourth-order valence-corrected chi connectivity index (χ4v) is 3.44. The third kappa shape index (κ3) is 6.73. The lowest BCUT2D eigenvalue weighted by Gasteiger charge is -2.23. The molecule has 8 nitrogen and oxygen atoms in total. The van der Waals surface area contributed by atoms with Crippen LogP contribution in [0, 0.1) is 6.92 Å². The molecule has 2 aromatic rings. The van der Waals surface area contributed by atoms with Gasteiger partial charge in [0.15, 0.2) is 5.96 Å². The number of aliphatic imine (C=N–C) groups is 1. The second-order valence-electron chi connectivity index (χ2n) is 7.60. The molecular formula is C22H34N6O2. The number of nitrogens with one attached hydrogen (secondary N) is 2. The summed E-state index contributed by atoms with van der Waals surface area (Å²) in [5.41, 5.74) is 1.22. The molecule has 1 aliphatic rings. The molecule has 1 aromatic carbocycles. The highest BCUT2D eigenvalue weighted by atomic mass is 16.5. The number of hydrogen-bond acceptors (Lipinski definition) is 5. The summed E-state index contributed by atoms with van der Waals surface area (Å²) in [5, 5.41) is 15.0. The molecule has 2 N–H and O–H groups in total. The van der Waals surface area contributed by atoms with Crippen LogP contribution in [0.1, 0.15) is 38.1 Å². The van der Waals surface area contributed by atoms with Gasteiger partial charge in [-0.25, -0.2) is 0 Å². The Bertz CT molecular complexity index is 783. The highest BCUT2D eigenvalue weighted by molar-refractivity contribution is 5.80. The molecule has 0 amide bonds. The van der Waals surface area contributed by atoms with E-state index in [-0.39, 0.29) is 12.1 Å². The van der Waals surface area contributed by atoms with Crippen LogP contribution in [0.15, 0.2) is 35.6 Å². The van der Waals surface area contributed by atoms with E-state index in [1.54, 1.807) is 6.33 Å². The molecule has 2 heterocycles. The summed E-state index contributed by atoms with van der Waals surface area (Å²) in [7, 11) is 0. The summed E-state index contributed by atoms with van der Waals surface area (Å²) in [6.45, 7) is 9.73. The smallest absolute Gasteiger partial charge is 0.191 e. The molecule has 0 spiro atoms. The Morgan fingerprint density at radius 1 is 1.37 bits per heavy atom. The van der Waals surface area contributed by atoms with Crippen molar-refractivity contribution in [2.24, 2.45) is 4.99 Å². The maximum Gasteiger partial charge on any atom is 0.191 e. The minimum atomic E-state index is 0.192. The standard InChI is InChI=1S/C22H34N6O2/c1-4-21-27-25-16-28(21)13-11-23-22(26-18(3)20-6-5-14-30-20)24-12-15-29-19-9-7-17(2)8-10-19/h7-10,16,18,20H,4-6,11-15H2,1-3H3,(H2,23,24,26). The Hall–Kier alpha value is -2.61.